The van der Waals surface area contributed by atoms with E-state index < -0.39 is 0 Å². The predicted octanol–water partition coefficient (Wildman–Crippen LogP) is 2.72. The Hall–Kier alpha value is -2.24. The molecule has 1 aromatic rings. The summed E-state index contributed by atoms with van der Waals surface area (Å²) in [4.78, 5) is 28.1. The van der Waals surface area contributed by atoms with Gasteiger partial charge in [-0.25, -0.2) is 4.79 Å². The molecular formula is C20H31N3O3. The van der Waals surface area contributed by atoms with Crippen LogP contribution in [-0.4, -0.2) is 60.6 Å². The number of carbonyl (C=O) groups is 2. The van der Waals surface area contributed by atoms with Crippen LogP contribution in [0.4, 0.5) is 4.79 Å². The Morgan fingerprint density at radius 1 is 1.19 bits per heavy atom. The lowest BCUT2D eigenvalue weighted by atomic mass is 10.1. The van der Waals surface area contributed by atoms with Crippen molar-refractivity contribution in [3.63, 3.8) is 0 Å². The topological polar surface area (TPSA) is 61.9 Å². The molecule has 2 rings (SSSR count). The summed E-state index contributed by atoms with van der Waals surface area (Å²) in [5.41, 5.74) is 2.22. The standard InChI is InChI=1S/C20H31N3O3/c1-5-22(6-2)20(25)21-17-10-12-23(13-11-17)19(24)14-26-18-9-7-8-15(3)16(18)4/h7-9,17H,5-6,10-14H2,1-4H3,(H,21,25). The van der Waals surface area contributed by atoms with Crippen molar-refractivity contribution in [2.75, 3.05) is 32.8 Å². The maximum absolute atomic E-state index is 12.4. The summed E-state index contributed by atoms with van der Waals surface area (Å²) >= 11 is 0. The SMILES string of the molecule is CCN(CC)C(=O)NC1CCN(C(=O)COc2cccc(C)c2C)CC1. The van der Waals surface area contributed by atoms with Gasteiger partial charge in [-0.05, 0) is 57.7 Å². The first-order chi connectivity index (χ1) is 12.5. The number of rotatable bonds is 6. The number of amides is 3. The number of ether oxygens (including phenoxy) is 1. The maximum atomic E-state index is 12.4. The lowest BCUT2D eigenvalue weighted by Crippen LogP contribution is -2.50. The van der Waals surface area contributed by atoms with Crippen molar-refractivity contribution in [2.24, 2.45) is 0 Å². The van der Waals surface area contributed by atoms with Crippen LogP contribution in [-0.2, 0) is 4.79 Å². The molecule has 6 heteroatoms. The molecule has 1 aromatic carbocycles. The molecule has 0 aliphatic carbocycles. The highest BCUT2D eigenvalue weighted by molar-refractivity contribution is 5.78. The van der Waals surface area contributed by atoms with Gasteiger partial charge < -0.3 is 19.9 Å². The summed E-state index contributed by atoms with van der Waals surface area (Å²) in [6.07, 6.45) is 1.56. The second-order valence-corrected chi connectivity index (χ2v) is 6.76. The fraction of sp³-hybridized carbons (Fsp3) is 0.600. The van der Waals surface area contributed by atoms with Gasteiger partial charge in [-0.3, -0.25) is 4.79 Å². The van der Waals surface area contributed by atoms with Gasteiger partial charge in [-0.15, -0.1) is 0 Å². The van der Waals surface area contributed by atoms with Crippen LogP contribution < -0.4 is 10.1 Å². The molecule has 1 heterocycles. The van der Waals surface area contributed by atoms with Crippen molar-refractivity contribution >= 4 is 11.9 Å². The van der Waals surface area contributed by atoms with Crippen LogP contribution in [0.2, 0.25) is 0 Å². The molecule has 1 aliphatic heterocycles. The number of hydrogen-bond donors (Lipinski definition) is 1. The second-order valence-electron chi connectivity index (χ2n) is 6.76. The molecule has 1 fully saturated rings. The summed E-state index contributed by atoms with van der Waals surface area (Å²) in [6, 6.07) is 5.98. The van der Waals surface area contributed by atoms with Gasteiger partial charge in [0.1, 0.15) is 5.75 Å². The summed E-state index contributed by atoms with van der Waals surface area (Å²) < 4.78 is 5.72. The van der Waals surface area contributed by atoms with Crippen molar-refractivity contribution in [1.82, 2.24) is 15.1 Å². The van der Waals surface area contributed by atoms with E-state index in [1.807, 2.05) is 50.8 Å². The molecule has 0 atom stereocenters. The zero-order valence-corrected chi connectivity index (χ0v) is 16.4. The van der Waals surface area contributed by atoms with Crippen molar-refractivity contribution in [2.45, 2.75) is 46.6 Å². The zero-order valence-electron chi connectivity index (χ0n) is 16.4. The van der Waals surface area contributed by atoms with Gasteiger partial charge in [0, 0.05) is 32.2 Å². The minimum Gasteiger partial charge on any atom is -0.483 e. The molecule has 0 spiro atoms. The maximum Gasteiger partial charge on any atom is 0.317 e. The molecule has 0 bridgehead atoms. The third kappa shape index (κ3) is 5.13. The van der Waals surface area contributed by atoms with Gasteiger partial charge in [0.2, 0.25) is 0 Å². The number of piperidine rings is 1. The van der Waals surface area contributed by atoms with Gasteiger partial charge in [0.15, 0.2) is 6.61 Å². The van der Waals surface area contributed by atoms with E-state index in [0.29, 0.717) is 26.2 Å². The van der Waals surface area contributed by atoms with Gasteiger partial charge in [0.25, 0.3) is 5.91 Å². The Bertz CT molecular complexity index is 621. The van der Waals surface area contributed by atoms with E-state index in [0.717, 1.165) is 29.7 Å². The highest BCUT2D eigenvalue weighted by Gasteiger charge is 2.25. The average Bonchev–Trinajstić information content (AvgIpc) is 2.64. The Kier molecular flexibility index (Phi) is 7.30. The van der Waals surface area contributed by atoms with Crippen LogP contribution in [0.25, 0.3) is 0 Å². The van der Waals surface area contributed by atoms with Crippen LogP contribution in [0.15, 0.2) is 18.2 Å². The largest absolute Gasteiger partial charge is 0.483 e. The van der Waals surface area contributed by atoms with E-state index in [-0.39, 0.29) is 24.6 Å². The van der Waals surface area contributed by atoms with Crippen molar-refractivity contribution in [1.29, 1.82) is 0 Å². The fourth-order valence-corrected chi connectivity index (χ4v) is 3.16. The Balaban J connectivity index is 1.77. The number of aryl methyl sites for hydroxylation is 1. The van der Waals surface area contributed by atoms with Crippen LogP contribution in [0.1, 0.15) is 37.8 Å². The Morgan fingerprint density at radius 2 is 1.85 bits per heavy atom. The molecule has 144 valence electrons. The Labute approximate surface area is 156 Å². The highest BCUT2D eigenvalue weighted by atomic mass is 16.5. The van der Waals surface area contributed by atoms with E-state index in [9.17, 15) is 9.59 Å². The number of nitrogens with one attached hydrogen (secondary N) is 1. The number of likely N-dealkylation sites (tertiary alicyclic amines) is 1. The molecule has 1 saturated heterocycles. The number of nitrogens with zero attached hydrogens (tertiary/aromatic N) is 2. The smallest absolute Gasteiger partial charge is 0.317 e. The average molecular weight is 361 g/mol. The minimum atomic E-state index is -0.0157. The molecule has 1 N–H and O–H groups in total. The minimum absolute atomic E-state index is 0.000532. The van der Waals surface area contributed by atoms with Crippen LogP contribution in [0.3, 0.4) is 0 Å². The van der Waals surface area contributed by atoms with Crippen LogP contribution >= 0.6 is 0 Å². The van der Waals surface area contributed by atoms with Crippen molar-refractivity contribution in [3.05, 3.63) is 29.3 Å². The first kappa shape index (κ1) is 20.1. The van der Waals surface area contributed by atoms with Gasteiger partial charge in [-0.1, -0.05) is 12.1 Å². The molecule has 1 aliphatic rings. The van der Waals surface area contributed by atoms with E-state index in [4.69, 9.17) is 4.74 Å². The Morgan fingerprint density at radius 3 is 2.46 bits per heavy atom. The summed E-state index contributed by atoms with van der Waals surface area (Å²) in [5.74, 6) is 0.763. The third-order valence-electron chi connectivity index (χ3n) is 5.13. The van der Waals surface area contributed by atoms with E-state index in [2.05, 4.69) is 5.32 Å². The van der Waals surface area contributed by atoms with Gasteiger partial charge >= 0.3 is 6.03 Å². The molecule has 0 saturated carbocycles. The summed E-state index contributed by atoms with van der Waals surface area (Å²) in [6.45, 7) is 10.7. The van der Waals surface area contributed by atoms with Crippen LogP contribution in [0.5, 0.6) is 5.75 Å². The molecule has 26 heavy (non-hydrogen) atoms. The van der Waals surface area contributed by atoms with E-state index in [1.54, 1.807) is 4.90 Å². The molecule has 0 unspecified atom stereocenters. The molecule has 6 nitrogen and oxygen atoms in total. The molecular weight excluding hydrogens is 330 g/mol. The van der Waals surface area contributed by atoms with Gasteiger partial charge in [-0.2, -0.15) is 0 Å². The first-order valence-corrected chi connectivity index (χ1v) is 9.48. The van der Waals surface area contributed by atoms with E-state index in [1.165, 1.54) is 0 Å². The van der Waals surface area contributed by atoms with E-state index >= 15 is 0 Å². The zero-order chi connectivity index (χ0) is 19.1. The second kappa shape index (κ2) is 9.46. The molecule has 0 aromatic heterocycles. The predicted molar refractivity (Wildman–Crippen MR) is 102 cm³/mol. The lowest BCUT2D eigenvalue weighted by Gasteiger charge is -2.33. The van der Waals surface area contributed by atoms with Gasteiger partial charge in [0.05, 0.1) is 0 Å². The van der Waals surface area contributed by atoms with Crippen molar-refractivity contribution < 1.29 is 14.3 Å². The fourth-order valence-electron chi connectivity index (χ4n) is 3.16. The number of hydrogen-bond acceptors (Lipinski definition) is 3. The third-order valence-corrected chi connectivity index (χ3v) is 5.13. The first-order valence-electron chi connectivity index (χ1n) is 9.48. The van der Waals surface area contributed by atoms with Crippen molar-refractivity contribution in [3.8, 4) is 5.75 Å². The normalized spacial score (nSPS) is 14.8. The summed E-state index contributed by atoms with van der Waals surface area (Å²) in [5, 5.41) is 3.07. The lowest BCUT2D eigenvalue weighted by molar-refractivity contribution is -0.134. The number of urea groups is 1. The summed E-state index contributed by atoms with van der Waals surface area (Å²) in [7, 11) is 0. The quantitative estimate of drug-likeness (QED) is 0.847. The number of carbonyl (C=O) groups excluding carboxylic acids is 2. The monoisotopic (exact) mass is 361 g/mol. The van der Waals surface area contributed by atoms with Crippen LogP contribution in [0, 0.1) is 13.8 Å². The highest BCUT2D eigenvalue weighted by Crippen LogP contribution is 2.20. The molecule has 3 amide bonds. The molecule has 0 radical (unpaired) electrons. The number of benzene rings is 1.